The summed E-state index contributed by atoms with van der Waals surface area (Å²) in [5, 5.41) is 9.66. The van der Waals surface area contributed by atoms with E-state index < -0.39 is 11.5 Å². The Balaban J connectivity index is 2.10. The molecule has 0 unspecified atom stereocenters. The molecule has 0 saturated carbocycles. The van der Waals surface area contributed by atoms with E-state index in [9.17, 15) is 14.3 Å². The lowest BCUT2D eigenvalue weighted by Gasteiger charge is -2.41. The van der Waals surface area contributed by atoms with Crippen molar-refractivity contribution in [2.24, 2.45) is 5.73 Å². The molecule has 0 aliphatic carbocycles. The highest BCUT2D eigenvalue weighted by Crippen LogP contribution is 2.23. The molecule has 1 aromatic carbocycles. The van der Waals surface area contributed by atoms with Crippen LogP contribution in [0.15, 0.2) is 24.3 Å². The number of carbonyl (C=O) groups is 1. The molecule has 20 heavy (non-hydrogen) atoms. The van der Waals surface area contributed by atoms with Gasteiger partial charge in [0.1, 0.15) is 11.4 Å². The Bertz CT molecular complexity index is 483. The summed E-state index contributed by atoms with van der Waals surface area (Å²) in [5.41, 5.74) is 5.12. The lowest BCUT2D eigenvalue weighted by atomic mass is 9.93. The van der Waals surface area contributed by atoms with E-state index in [1.807, 2.05) is 4.90 Å². The number of amides is 1. The molecule has 110 valence electrons. The highest BCUT2D eigenvalue weighted by Gasteiger charge is 2.36. The zero-order valence-electron chi connectivity index (χ0n) is 11.2. The average molecular weight is 282 g/mol. The summed E-state index contributed by atoms with van der Waals surface area (Å²) in [5.74, 6) is -0.732. The van der Waals surface area contributed by atoms with Gasteiger partial charge in [0, 0.05) is 19.5 Å². The Kier molecular flexibility index (Phi) is 4.69. The molecule has 1 saturated heterocycles. The van der Waals surface area contributed by atoms with Gasteiger partial charge in [-0.3, -0.25) is 9.69 Å². The van der Waals surface area contributed by atoms with Crippen LogP contribution in [-0.4, -0.2) is 54.4 Å². The molecule has 0 radical (unpaired) electrons. The molecular weight excluding hydrogens is 263 g/mol. The van der Waals surface area contributed by atoms with Gasteiger partial charge in [-0.2, -0.15) is 0 Å². The zero-order valence-corrected chi connectivity index (χ0v) is 11.2. The lowest BCUT2D eigenvalue weighted by Crippen LogP contribution is -2.56. The molecule has 1 aromatic rings. The predicted octanol–water partition coefficient (Wildman–Crippen LogP) is -0.0832. The summed E-state index contributed by atoms with van der Waals surface area (Å²) in [6.07, 6.45) is 0.385. The molecule has 1 amide bonds. The van der Waals surface area contributed by atoms with Crippen molar-refractivity contribution in [1.82, 2.24) is 4.90 Å². The van der Waals surface area contributed by atoms with Gasteiger partial charge in [-0.15, -0.1) is 0 Å². The van der Waals surface area contributed by atoms with Crippen LogP contribution in [0.3, 0.4) is 0 Å². The number of nitrogens with zero attached hydrogens (tertiary/aromatic N) is 1. The van der Waals surface area contributed by atoms with Gasteiger partial charge in [0.05, 0.1) is 19.8 Å². The summed E-state index contributed by atoms with van der Waals surface area (Å²) in [6, 6.07) is 6.21. The highest BCUT2D eigenvalue weighted by atomic mass is 19.1. The van der Waals surface area contributed by atoms with Gasteiger partial charge in [-0.1, -0.05) is 12.1 Å². The number of ether oxygens (including phenoxy) is 1. The average Bonchev–Trinajstić information content (AvgIpc) is 2.38. The molecule has 2 rings (SSSR count). The van der Waals surface area contributed by atoms with Crippen molar-refractivity contribution in [1.29, 1.82) is 0 Å². The van der Waals surface area contributed by atoms with E-state index in [0.29, 0.717) is 26.1 Å². The summed E-state index contributed by atoms with van der Waals surface area (Å²) in [4.78, 5) is 12.8. The molecule has 1 heterocycles. The van der Waals surface area contributed by atoms with Gasteiger partial charge in [-0.25, -0.2) is 4.39 Å². The minimum Gasteiger partial charge on any atom is -0.393 e. The highest BCUT2D eigenvalue weighted by molar-refractivity contribution is 5.75. The molecule has 1 fully saturated rings. The number of hydrogen-bond acceptors (Lipinski definition) is 4. The number of rotatable bonds is 5. The summed E-state index contributed by atoms with van der Waals surface area (Å²) in [7, 11) is 0. The van der Waals surface area contributed by atoms with Crippen molar-refractivity contribution in [3.8, 4) is 0 Å². The third kappa shape index (κ3) is 3.75. The van der Waals surface area contributed by atoms with Crippen LogP contribution in [-0.2, 0) is 16.0 Å². The van der Waals surface area contributed by atoms with Gasteiger partial charge in [0.25, 0.3) is 0 Å². The van der Waals surface area contributed by atoms with Crippen LogP contribution in [0.4, 0.5) is 4.39 Å². The Morgan fingerprint density at radius 3 is 3.00 bits per heavy atom. The van der Waals surface area contributed by atoms with Crippen LogP contribution in [0.5, 0.6) is 0 Å². The van der Waals surface area contributed by atoms with E-state index in [4.69, 9.17) is 10.5 Å². The first-order valence-electron chi connectivity index (χ1n) is 6.53. The van der Waals surface area contributed by atoms with Crippen LogP contribution < -0.4 is 5.73 Å². The SMILES string of the molecule is NC(=O)CN1CCO[C@](CO)(Cc2cccc(F)c2)C1. The molecule has 3 N–H and O–H groups in total. The first-order chi connectivity index (χ1) is 9.53. The first kappa shape index (κ1) is 14.9. The van der Waals surface area contributed by atoms with Crippen LogP contribution in [0.2, 0.25) is 0 Å². The van der Waals surface area contributed by atoms with Crippen LogP contribution in [0.1, 0.15) is 5.56 Å². The maximum atomic E-state index is 13.2. The van der Waals surface area contributed by atoms with Crippen molar-refractivity contribution in [3.05, 3.63) is 35.6 Å². The van der Waals surface area contributed by atoms with E-state index in [2.05, 4.69) is 0 Å². The standard InChI is InChI=1S/C14H19FN2O3/c15-12-3-1-2-11(6-12)7-14(10-18)9-17(4-5-20-14)8-13(16)19/h1-3,6,18H,4-5,7-10H2,(H2,16,19)/t14-/m1/s1. The zero-order chi connectivity index (χ0) is 14.6. The molecule has 0 spiro atoms. The van der Waals surface area contributed by atoms with E-state index >= 15 is 0 Å². The first-order valence-corrected chi connectivity index (χ1v) is 6.53. The summed E-state index contributed by atoms with van der Waals surface area (Å²) in [6.45, 7) is 1.33. The van der Waals surface area contributed by atoms with Gasteiger partial charge < -0.3 is 15.6 Å². The van der Waals surface area contributed by atoms with E-state index in [-0.39, 0.29) is 19.0 Å². The van der Waals surface area contributed by atoms with E-state index in [1.54, 1.807) is 12.1 Å². The molecule has 1 aliphatic heterocycles. The molecule has 1 aliphatic rings. The van der Waals surface area contributed by atoms with Gasteiger partial charge in [-0.05, 0) is 17.7 Å². The van der Waals surface area contributed by atoms with Crippen molar-refractivity contribution < 1.29 is 19.0 Å². The van der Waals surface area contributed by atoms with Crippen molar-refractivity contribution in [2.45, 2.75) is 12.0 Å². The number of morpholine rings is 1. The normalized spacial score (nSPS) is 23.7. The maximum absolute atomic E-state index is 13.2. The Hall–Kier alpha value is -1.50. The second kappa shape index (κ2) is 6.30. The number of primary amides is 1. The monoisotopic (exact) mass is 282 g/mol. The number of hydrogen-bond donors (Lipinski definition) is 2. The summed E-state index contributed by atoms with van der Waals surface area (Å²) < 4.78 is 18.9. The fourth-order valence-corrected chi connectivity index (χ4v) is 2.56. The Morgan fingerprint density at radius 2 is 2.35 bits per heavy atom. The number of nitrogens with two attached hydrogens (primary N) is 1. The largest absolute Gasteiger partial charge is 0.393 e. The number of aliphatic hydroxyl groups is 1. The number of carbonyl (C=O) groups excluding carboxylic acids is 1. The van der Waals surface area contributed by atoms with Crippen LogP contribution in [0.25, 0.3) is 0 Å². The maximum Gasteiger partial charge on any atom is 0.231 e. The van der Waals surface area contributed by atoms with Crippen LogP contribution >= 0.6 is 0 Å². The third-order valence-electron chi connectivity index (χ3n) is 3.41. The quantitative estimate of drug-likeness (QED) is 0.792. The predicted molar refractivity (Wildman–Crippen MR) is 71.5 cm³/mol. The van der Waals surface area contributed by atoms with Gasteiger partial charge >= 0.3 is 0 Å². The Morgan fingerprint density at radius 1 is 1.55 bits per heavy atom. The second-order valence-corrected chi connectivity index (χ2v) is 5.17. The third-order valence-corrected chi connectivity index (χ3v) is 3.41. The number of aliphatic hydroxyl groups excluding tert-OH is 1. The Labute approximate surface area is 117 Å². The van der Waals surface area contributed by atoms with Gasteiger partial charge in [0.15, 0.2) is 0 Å². The molecule has 5 nitrogen and oxygen atoms in total. The molecule has 0 bridgehead atoms. The van der Waals surface area contributed by atoms with E-state index in [1.165, 1.54) is 12.1 Å². The molecule has 0 aromatic heterocycles. The number of halogens is 1. The van der Waals surface area contributed by atoms with Crippen molar-refractivity contribution in [2.75, 3.05) is 32.8 Å². The van der Waals surface area contributed by atoms with Crippen LogP contribution in [0, 0.1) is 5.82 Å². The molecule has 6 heteroatoms. The molecule has 1 atom stereocenters. The topological polar surface area (TPSA) is 75.8 Å². The minimum absolute atomic E-state index is 0.133. The summed E-state index contributed by atoms with van der Waals surface area (Å²) >= 11 is 0. The smallest absolute Gasteiger partial charge is 0.231 e. The van der Waals surface area contributed by atoms with Gasteiger partial charge in [0.2, 0.25) is 5.91 Å². The minimum atomic E-state index is -0.818. The lowest BCUT2D eigenvalue weighted by molar-refractivity contribution is -0.139. The second-order valence-electron chi connectivity index (χ2n) is 5.17. The fraction of sp³-hybridized carbons (Fsp3) is 0.500. The number of benzene rings is 1. The fourth-order valence-electron chi connectivity index (χ4n) is 2.56. The van der Waals surface area contributed by atoms with Crippen molar-refractivity contribution >= 4 is 5.91 Å². The van der Waals surface area contributed by atoms with Crippen molar-refractivity contribution in [3.63, 3.8) is 0 Å². The van der Waals surface area contributed by atoms with E-state index in [0.717, 1.165) is 5.56 Å². The molecular formula is C14H19FN2O3.